The number of fused-ring (bicyclic) bond motifs is 1. The Morgan fingerprint density at radius 3 is 2.78 bits per heavy atom. The van der Waals surface area contributed by atoms with Gasteiger partial charge < -0.3 is 10.4 Å². The van der Waals surface area contributed by atoms with Crippen LogP contribution in [0.15, 0.2) is 41.3 Å². The Kier molecular flexibility index (Phi) is 6.16. The molecule has 7 nitrogen and oxygen atoms in total. The zero-order chi connectivity index (χ0) is 19.2. The molecule has 0 saturated carbocycles. The van der Waals surface area contributed by atoms with Gasteiger partial charge in [0.05, 0.1) is 23.5 Å². The molecule has 3 rings (SSSR count). The van der Waals surface area contributed by atoms with Crippen LogP contribution in [0.5, 0.6) is 0 Å². The number of hydrogen-bond acceptors (Lipinski definition) is 5. The molecule has 0 atom stereocenters. The summed E-state index contributed by atoms with van der Waals surface area (Å²) in [5.41, 5.74) is 1.99. The Balaban J connectivity index is 1.71. The predicted molar refractivity (Wildman–Crippen MR) is 103 cm³/mol. The van der Waals surface area contributed by atoms with Gasteiger partial charge in [-0.15, -0.1) is 0 Å². The lowest BCUT2D eigenvalue weighted by Crippen LogP contribution is -2.28. The summed E-state index contributed by atoms with van der Waals surface area (Å²) in [4.78, 5) is 29.1. The number of carbonyl (C=O) groups is 1. The fourth-order valence-electron chi connectivity index (χ4n) is 2.64. The molecule has 0 radical (unpaired) electrons. The number of pyridine rings is 1. The largest absolute Gasteiger partial charge is 0.396 e. The Bertz CT molecular complexity index is 1000. The quantitative estimate of drug-likeness (QED) is 0.573. The molecule has 2 heterocycles. The van der Waals surface area contributed by atoms with Crippen LogP contribution in [0, 0.1) is 0 Å². The minimum Gasteiger partial charge on any atom is -0.396 e. The van der Waals surface area contributed by atoms with Crippen molar-refractivity contribution in [3.63, 3.8) is 0 Å². The van der Waals surface area contributed by atoms with E-state index in [1.54, 1.807) is 24.4 Å². The van der Waals surface area contributed by atoms with E-state index in [0.29, 0.717) is 41.0 Å². The first-order chi connectivity index (χ1) is 13.1. The fourth-order valence-corrected chi connectivity index (χ4v) is 2.77. The molecule has 0 aliphatic carbocycles. The highest BCUT2D eigenvalue weighted by atomic mass is 35.5. The number of nitrogens with one attached hydrogen (secondary N) is 2. The maximum Gasteiger partial charge on any atom is 0.226 e. The van der Waals surface area contributed by atoms with Gasteiger partial charge in [-0.25, -0.2) is 0 Å². The summed E-state index contributed by atoms with van der Waals surface area (Å²) in [5.74, 6) is -0.295. The fraction of sp³-hybridized carbons (Fsp3) is 0.263. The van der Waals surface area contributed by atoms with E-state index in [9.17, 15) is 9.59 Å². The number of aromatic nitrogens is 3. The average Bonchev–Trinajstić information content (AvgIpc) is 2.68. The van der Waals surface area contributed by atoms with Crippen LogP contribution in [0.2, 0.25) is 5.02 Å². The highest BCUT2D eigenvalue weighted by Crippen LogP contribution is 2.10. The Labute approximate surface area is 160 Å². The highest BCUT2D eigenvalue weighted by molar-refractivity contribution is 6.30. The molecular weight excluding hydrogens is 368 g/mol. The summed E-state index contributed by atoms with van der Waals surface area (Å²) < 4.78 is 0. The monoisotopic (exact) mass is 386 g/mol. The number of H-pyrrole nitrogens is 1. The summed E-state index contributed by atoms with van der Waals surface area (Å²) in [7, 11) is 0. The SMILES string of the molecule is O=C(Cc1n[nH]c2cnc(CCCO)cc2c1=O)NCc1ccc(Cl)cc1. The molecule has 0 fully saturated rings. The van der Waals surface area contributed by atoms with Crippen LogP contribution in [0.1, 0.15) is 23.4 Å². The maximum atomic E-state index is 12.6. The smallest absolute Gasteiger partial charge is 0.226 e. The number of hydrogen-bond donors (Lipinski definition) is 3. The number of carbonyl (C=O) groups excluding carboxylic acids is 1. The van der Waals surface area contributed by atoms with E-state index in [4.69, 9.17) is 16.7 Å². The van der Waals surface area contributed by atoms with Crippen LogP contribution in [-0.4, -0.2) is 32.8 Å². The number of rotatable bonds is 7. The van der Waals surface area contributed by atoms with Gasteiger partial charge in [0.25, 0.3) is 0 Å². The number of aryl methyl sites for hydroxylation is 1. The molecule has 0 unspecified atom stereocenters. The normalized spacial score (nSPS) is 10.9. The zero-order valence-electron chi connectivity index (χ0n) is 14.5. The lowest BCUT2D eigenvalue weighted by Gasteiger charge is -2.06. The van der Waals surface area contributed by atoms with Crippen LogP contribution >= 0.6 is 11.6 Å². The van der Waals surface area contributed by atoms with Gasteiger partial charge in [-0.05, 0) is 36.6 Å². The van der Waals surface area contributed by atoms with Crippen molar-refractivity contribution in [1.29, 1.82) is 0 Å². The molecule has 1 aromatic carbocycles. The van der Waals surface area contributed by atoms with Gasteiger partial charge in [0.15, 0.2) is 0 Å². The minimum atomic E-state index is -0.295. The minimum absolute atomic E-state index is 0.0610. The number of aromatic amines is 1. The van der Waals surface area contributed by atoms with Crippen molar-refractivity contribution >= 4 is 28.4 Å². The lowest BCUT2D eigenvalue weighted by molar-refractivity contribution is -0.120. The molecule has 3 N–H and O–H groups in total. The lowest BCUT2D eigenvalue weighted by atomic mass is 10.1. The van der Waals surface area contributed by atoms with Crippen molar-refractivity contribution in [2.24, 2.45) is 0 Å². The third kappa shape index (κ3) is 4.90. The van der Waals surface area contributed by atoms with Crippen LogP contribution in [0.4, 0.5) is 0 Å². The number of aliphatic hydroxyl groups excluding tert-OH is 1. The van der Waals surface area contributed by atoms with Crippen molar-refractivity contribution in [3.05, 3.63) is 68.7 Å². The molecule has 0 saturated heterocycles. The molecule has 0 bridgehead atoms. The van der Waals surface area contributed by atoms with Gasteiger partial charge in [-0.1, -0.05) is 23.7 Å². The summed E-state index contributed by atoms with van der Waals surface area (Å²) in [6.45, 7) is 0.405. The van der Waals surface area contributed by atoms with Gasteiger partial charge in [-0.2, -0.15) is 5.10 Å². The van der Waals surface area contributed by atoms with Gasteiger partial charge in [0.1, 0.15) is 5.69 Å². The standard InChI is InChI=1S/C19H19ClN4O3/c20-13-5-3-12(4-6-13)10-22-18(26)9-16-19(27)15-8-14(2-1-7-25)21-11-17(15)24-23-16/h3-6,8,11,25H,1-2,7,9-10H2,(H,22,26)(H,24,27). The van der Waals surface area contributed by atoms with E-state index in [-0.39, 0.29) is 30.1 Å². The second-order valence-corrected chi connectivity index (χ2v) is 6.56. The van der Waals surface area contributed by atoms with Gasteiger partial charge in [-0.3, -0.25) is 19.7 Å². The summed E-state index contributed by atoms with van der Waals surface area (Å²) in [5, 5.41) is 19.5. The number of benzene rings is 1. The Hall–Kier alpha value is -2.77. The van der Waals surface area contributed by atoms with Crippen molar-refractivity contribution in [2.45, 2.75) is 25.8 Å². The second kappa shape index (κ2) is 8.75. The van der Waals surface area contributed by atoms with E-state index in [1.165, 1.54) is 0 Å². The molecule has 0 aliphatic rings. The number of amides is 1. The third-order valence-electron chi connectivity index (χ3n) is 4.10. The summed E-state index contributed by atoms with van der Waals surface area (Å²) >= 11 is 5.84. The summed E-state index contributed by atoms with van der Waals surface area (Å²) in [6.07, 6.45) is 2.57. The molecule has 27 heavy (non-hydrogen) atoms. The molecule has 2 aromatic heterocycles. The van der Waals surface area contributed by atoms with E-state index < -0.39 is 0 Å². The molecule has 8 heteroatoms. The summed E-state index contributed by atoms with van der Waals surface area (Å²) in [6, 6.07) is 8.83. The predicted octanol–water partition coefficient (Wildman–Crippen LogP) is 1.76. The molecule has 0 spiro atoms. The van der Waals surface area contributed by atoms with Crippen LogP contribution in [0.3, 0.4) is 0 Å². The average molecular weight is 387 g/mol. The van der Waals surface area contributed by atoms with Gasteiger partial charge in [0.2, 0.25) is 11.3 Å². The Morgan fingerprint density at radius 2 is 2.04 bits per heavy atom. The molecular formula is C19H19ClN4O3. The molecule has 3 aromatic rings. The first-order valence-electron chi connectivity index (χ1n) is 8.55. The highest BCUT2D eigenvalue weighted by Gasteiger charge is 2.12. The Morgan fingerprint density at radius 1 is 1.26 bits per heavy atom. The first kappa shape index (κ1) is 19.0. The van der Waals surface area contributed by atoms with E-state index in [2.05, 4.69) is 20.5 Å². The van der Waals surface area contributed by atoms with Crippen molar-refractivity contribution in [2.75, 3.05) is 6.61 Å². The van der Waals surface area contributed by atoms with Crippen LogP contribution in [-0.2, 0) is 24.2 Å². The van der Waals surface area contributed by atoms with Crippen LogP contribution in [0.25, 0.3) is 10.9 Å². The van der Waals surface area contributed by atoms with E-state index in [0.717, 1.165) is 5.56 Å². The van der Waals surface area contributed by atoms with Crippen molar-refractivity contribution < 1.29 is 9.90 Å². The zero-order valence-corrected chi connectivity index (χ0v) is 15.3. The van der Waals surface area contributed by atoms with Gasteiger partial charge >= 0.3 is 0 Å². The van der Waals surface area contributed by atoms with Crippen LogP contribution < -0.4 is 10.7 Å². The third-order valence-corrected chi connectivity index (χ3v) is 4.35. The molecule has 140 valence electrons. The molecule has 1 amide bonds. The van der Waals surface area contributed by atoms with Crippen molar-refractivity contribution in [1.82, 2.24) is 20.5 Å². The maximum absolute atomic E-state index is 12.6. The molecule has 0 aliphatic heterocycles. The van der Waals surface area contributed by atoms with Gasteiger partial charge in [0, 0.05) is 23.9 Å². The number of aliphatic hydroxyl groups is 1. The topological polar surface area (TPSA) is 108 Å². The van der Waals surface area contributed by atoms with E-state index in [1.807, 2.05) is 12.1 Å². The second-order valence-electron chi connectivity index (χ2n) is 6.13. The van der Waals surface area contributed by atoms with E-state index >= 15 is 0 Å². The first-order valence-corrected chi connectivity index (χ1v) is 8.93. The van der Waals surface area contributed by atoms with Crippen molar-refractivity contribution in [3.8, 4) is 0 Å². The number of halogens is 1. The number of nitrogens with zero attached hydrogens (tertiary/aromatic N) is 2.